The van der Waals surface area contributed by atoms with Gasteiger partial charge in [-0.3, -0.25) is 9.80 Å². The number of halogens is 2. The zero-order valence-electron chi connectivity index (χ0n) is 16.7. The number of amides is 2. The van der Waals surface area contributed by atoms with Crippen LogP contribution >= 0.6 is 0 Å². The second-order valence-corrected chi connectivity index (χ2v) is 6.40. The first-order valence-corrected chi connectivity index (χ1v) is 8.92. The Morgan fingerprint density at radius 2 is 1.86 bits per heavy atom. The number of urea groups is 1. The topological polar surface area (TPSA) is 70.2 Å². The summed E-state index contributed by atoms with van der Waals surface area (Å²) in [7, 11) is 2.52. The van der Waals surface area contributed by atoms with E-state index in [0.717, 1.165) is 16.5 Å². The van der Waals surface area contributed by atoms with Gasteiger partial charge < -0.3 is 14.5 Å². The van der Waals surface area contributed by atoms with Gasteiger partial charge in [-0.15, -0.1) is 0 Å². The van der Waals surface area contributed by atoms with Gasteiger partial charge in [-0.2, -0.15) is 0 Å². The molecule has 0 aliphatic carbocycles. The van der Waals surface area contributed by atoms with E-state index in [1.165, 1.54) is 19.1 Å². The van der Waals surface area contributed by atoms with E-state index >= 15 is 0 Å². The molecule has 0 saturated heterocycles. The molecule has 1 aromatic carbocycles. The Bertz CT molecular complexity index is 972. The fourth-order valence-electron chi connectivity index (χ4n) is 3.49. The smallest absolute Gasteiger partial charge is 0.329 e. The second-order valence-electron chi connectivity index (χ2n) is 6.40. The highest BCUT2D eigenvalue weighted by atomic mass is 19.1. The Hall–Kier alpha value is -3.36. The third-order valence-electron chi connectivity index (χ3n) is 4.81. The minimum absolute atomic E-state index is 0.0173. The van der Waals surface area contributed by atoms with E-state index in [1.54, 1.807) is 26.1 Å². The van der Waals surface area contributed by atoms with Gasteiger partial charge in [-0.1, -0.05) is 0 Å². The normalized spacial score (nSPS) is 14.5. The van der Waals surface area contributed by atoms with Crippen LogP contribution in [0.5, 0.6) is 11.5 Å². The average molecular weight is 404 g/mol. The first kappa shape index (κ1) is 20.4. The second kappa shape index (κ2) is 7.94. The minimum atomic E-state index is -0.971. The number of hydrogen-bond acceptors (Lipinski definition) is 4. The number of aromatic nitrogens is 1. The van der Waals surface area contributed by atoms with Crippen LogP contribution in [0.2, 0.25) is 0 Å². The molecule has 1 aromatic heterocycles. The van der Waals surface area contributed by atoms with Gasteiger partial charge in [-0.05, 0) is 32.2 Å². The Morgan fingerprint density at radius 3 is 2.38 bits per heavy atom. The molecule has 9 heteroatoms. The molecule has 2 heterocycles. The van der Waals surface area contributed by atoms with Crippen molar-refractivity contribution in [3.05, 3.63) is 41.1 Å². The summed E-state index contributed by atoms with van der Waals surface area (Å²) in [6.07, 6.45) is 1.69. The van der Waals surface area contributed by atoms with Crippen molar-refractivity contribution in [1.29, 1.82) is 0 Å². The predicted octanol–water partition coefficient (Wildman–Crippen LogP) is 4.34. The van der Waals surface area contributed by atoms with Gasteiger partial charge in [-0.25, -0.2) is 18.6 Å². The Labute approximate surface area is 167 Å². The van der Waals surface area contributed by atoms with Crippen LogP contribution in [0, 0.1) is 11.6 Å². The fourth-order valence-corrected chi connectivity index (χ4v) is 3.49. The molecule has 2 aromatic rings. The van der Waals surface area contributed by atoms with Gasteiger partial charge in [0.1, 0.15) is 11.5 Å². The van der Waals surface area contributed by atoms with Crippen LogP contribution in [0.4, 0.5) is 25.1 Å². The number of ether oxygens (including phenoxy) is 2. The summed E-state index contributed by atoms with van der Waals surface area (Å²) >= 11 is 0. The SMILES string of the molecule is C=Nc1[nH]ccc1C1=C(C)CN(c2c(F)c(OC)cc(OC)c2F)C(=O)N1CC. The molecule has 154 valence electrons. The van der Waals surface area contributed by atoms with Gasteiger partial charge in [0.2, 0.25) is 0 Å². The molecule has 29 heavy (non-hydrogen) atoms. The lowest BCUT2D eigenvalue weighted by Gasteiger charge is -2.38. The molecule has 0 saturated carbocycles. The quantitative estimate of drug-likeness (QED) is 0.729. The predicted molar refractivity (Wildman–Crippen MR) is 107 cm³/mol. The molecule has 0 unspecified atom stereocenters. The molecule has 1 aliphatic heterocycles. The number of anilines is 1. The molecular weight excluding hydrogens is 382 g/mol. The van der Waals surface area contributed by atoms with Crippen LogP contribution in [0.1, 0.15) is 19.4 Å². The van der Waals surface area contributed by atoms with Crippen molar-refractivity contribution in [1.82, 2.24) is 9.88 Å². The van der Waals surface area contributed by atoms with Crippen molar-refractivity contribution >= 4 is 30.0 Å². The summed E-state index contributed by atoms with van der Waals surface area (Å²) in [4.78, 5) is 22.6. The van der Waals surface area contributed by atoms with Crippen LogP contribution in [0.3, 0.4) is 0 Å². The number of aromatic amines is 1. The molecule has 0 atom stereocenters. The first-order chi connectivity index (χ1) is 13.9. The fraction of sp³-hybridized carbons (Fsp3) is 0.300. The van der Waals surface area contributed by atoms with E-state index in [4.69, 9.17) is 9.47 Å². The standard InChI is InChI=1S/C20H22F2N4O3/c1-6-25-17(12-7-8-24-19(12)23-3)11(2)10-26(20(25)27)18-15(21)13(28-4)9-14(29-5)16(18)22/h7-9,24H,3,6,10H2,1-2,4-5H3. The van der Waals surface area contributed by atoms with Gasteiger partial charge >= 0.3 is 6.03 Å². The summed E-state index contributed by atoms with van der Waals surface area (Å²) in [6.45, 7) is 7.38. The molecule has 0 fully saturated rings. The van der Waals surface area contributed by atoms with Crippen LogP contribution in [0.25, 0.3) is 5.70 Å². The average Bonchev–Trinajstić information content (AvgIpc) is 3.18. The molecule has 1 N–H and O–H groups in total. The summed E-state index contributed by atoms with van der Waals surface area (Å²) in [6, 6.07) is 2.32. The van der Waals surface area contributed by atoms with Gasteiger partial charge in [0.25, 0.3) is 0 Å². The zero-order chi connectivity index (χ0) is 21.3. The number of methoxy groups -OCH3 is 2. The van der Waals surface area contributed by atoms with Crippen molar-refractivity contribution in [2.75, 3.05) is 32.2 Å². The number of rotatable bonds is 6. The highest BCUT2D eigenvalue weighted by molar-refractivity contribution is 6.02. The van der Waals surface area contributed by atoms with Crippen LogP contribution in [-0.2, 0) is 0 Å². The number of carbonyl (C=O) groups excluding carboxylic acids is 1. The number of hydrogen-bond donors (Lipinski definition) is 1. The lowest BCUT2D eigenvalue weighted by Crippen LogP contribution is -2.48. The largest absolute Gasteiger partial charge is 0.493 e. The lowest BCUT2D eigenvalue weighted by molar-refractivity contribution is 0.223. The van der Waals surface area contributed by atoms with Gasteiger partial charge in [0, 0.05) is 24.4 Å². The third-order valence-corrected chi connectivity index (χ3v) is 4.81. The first-order valence-electron chi connectivity index (χ1n) is 8.92. The van der Waals surface area contributed by atoms with Gasteiger partial charge in [0.15, 0.2) is 23.1 Å². The van der Waals surface area contributed by atoms with Crippen molar-refractivity contribution in [2.45, 2.75) is 13.8 Å². The highest BCUT2D eigenvalue weighted by Crippen LogP contribution is 2.41. The van der Waals surface area contributed by atoms with Crippen molar-refractivity contribution in [2.24, 2.45) is 4.99 Å². The monoisotopic (exact) mass is 404 g/mol. The van der Waals surface area contributed by atoms with E-state index in [1.807, 2.05) is 0 Å². The molecular formula is C20H22F2N4O3. The number of nitrogens with zero attached hydrogens (tertiary/aromatic N) is 3. The van der Waals surface area contributed by atoms with Crippen LogP contribution in [0.15, 0.2) is 28.9 Å². The molecule has 0 spiro atoms. The maximum atomic E-state index is 15.0. The van der Waals surface area contributed by atoms with Crippen LogP contribution < -0.4 is 14.4 Å². The Morgan fingerprint density at radius 1 is 1.24 bits per heavy atom. The molecule has 0 bridgehead atoms. The van der Waals surface area contributed by atoms with E-state index in [0.29, 0.717) is 17.1 Å². The molecule has 3 rings (SSSR count). The molecule has 1 aliphatic rings. The molecule has 7 nitrogen and oxygen atoms in total. The number of aliphatic imine (C=N–C) groups is 1. The summed E-state index contributed by atoms with van der Waals surface area (Å²) in [5, 5.41) is 0. The number of H-pyrrole nitrogens is 1. The van der Waals surface area contributed by atoms with Crippen LogP contribution in [-0.4, -0.2) is 49.9 Å². The Balaban J connectivity index is 2.18. The summed E-state index contributed by atoms with van der Waals surface area (Å²) < 4.78 is 39.9. The minimum Gasteiger partial charge on any atom is -0.493 e. The van der Waals surface area contributed by atoms with Crippen molar-refractivity contribution in [3.8, 4) is 11.5 Å². The third kappa shape index (κ3) is 3.22. The molecule has 2 amide bonds. The number of nitrogens with one attached hydrogen (secondary N) is 1. The maximum absolute atomic E-state index is 15.0. The highest BCUT2D eigenvalue weighted by Gasteiger charge is 2.37. The van der Waals surface area contributed by atoms with E-state index in [9.17, 15) is 13.6 Å². The maximum Gasteiger partial charge on any atom is 0.329 e. The summed E-state index contributed by atoms with van der Waals surface area (Å²) in [5.41, 5.74) is 1.54. The van der Waals surface area contributed by atoms with E-state index < -0.39 is 23.4 Å². The summed E-state index contributed by atoms with van der Waals surface area (Å²) in [5.74, 6) is -1.86. The van der Waals surface area contributed by atoms with Crippen molar-refractivity contribution < 1.29 is 23.0 Å². The Kier molecular flexibility index (Phi) is 5.58. The zero-order valence-corrected chi connectivity index (χ0v) is 16.7. The lowest BCUT2D eigenvalue weighted by atomic mass is 10.0. The van der Waals surface area contributed by atoms with Gasteiger partial charge in [0.05, 0.1) is 26.5 Å². The number of carbonyl (C=O) groups is 1. The number of benzene rings is 1. The van der Waals surface area contributed by atoms with E-state index in [-0.39, 0.29) is 24.6 Å². The van der Waals surface area contributed by atoms with Crippen molar-refractivity contribution in [3.63, 3.8) is 0 Å². The van der Waals surface area contributed by atoms with E-state index in [2.05, 4.69) is 16.7 Å². The molecule has 0 radical (unpaired) electrons.